The maximum Gasteiger partial charge on any atom is 0.401 e. The summed E-state index contributed by atoms with van der Waals surface area (Å²) >= 11 is 11.7. The van der Waals surface area contributed by atoms with Crippen molar-refractivity contribution in [2.75, 3.05) is 19.3 Å². The molecule has 0 aliphatic carbocycles. The zero-order chi connectivity index (χ0) is 26.0. The van der Waals surface area contributed by atoms with E-state index in [9.17, 15) is 26.6 Å². The van der Waals surface area contributed by atoms with Crippen molar-refractivity contribution in [2.24, 2.45) is 11.1 Å². The van der Waals surface area contributed by atoms with Crippen LogP contribution in [-0.4, -0.2) is 40.6 Å². The number of ether oxygens (including phenoxy) is 1. The van der Waals surface area contributed by atoms with Crippen LogP contribution < -0.4 is 5.32 Å². The highest BCUT2D eigenvalue weighted by atomic mass is 35.5. The lowest BCUT2D eigenvalue weighted by Gasteiger charge is -2.39. The Bertz CT molecular complexity index is 1320. The number of halogens is 6. The number of nitrogens with one attached hydrogen (secondary N) is 1. The number of carbonyl (C=O) groups excluding carboxylic acids is 1. The summed E-state index contributed by atoms with van der Waals surface area (Å²) in [5.41, 5.74) is -0.313. The van der Waals surface area contributed by atoms with Crippen molar-refractivity contribution in [3.63, 3.8) is 0 Å². The highest BCUT2D eigenvalue weighted by molar-refractivity contribution is 7.99. The standard InChI is InChI=1S/C23H18Cl2F4N2O4S/c1-36(33)17(32)7-16-12-4-10(2-3-14(12)22(34-16)8-30-9-22)20-18(23(27,28)29)21(35-31-20)13-5-11(24)6-15(25)19(13)26/h2-6,16,18,21,30H,7-9H2,1H3/t16?,18?,21?,36-/m0/s1. The van der Waals surface area contributed by atoms with Gasteiger partial charge < -0.3 is 14.9 Å². The number of alkyl halides is 3. The van der Waals surface area contributed by atoms with E-state index in [1.165, 1.54) is 18.4 Å². The van der Waals surface area contributed by atoms with Gasteiger partial charge in [-0.3, -0.25) is 9.00 Å². The third-order valence-corrected chi connectivity index (χ3v) is 7.89. The van der Waals surface area contributed by atoms with E-state index >= 15 is 0 Å². The first kappa shape index (κ1) is 25.6. The molecule has 2 aromatic rings. The molecule has 3 aliphatic rings. The van der Waals surface area contributed by atoms with E-state index in [1.807, 2.05) is 0 Å². The molecule has 1 fully saturated rings. The molecule has 1 N–H and O–H groups in total. The van der Waals surface area contributed by atoms with Crippen LogP contribution in [0.4, 0.5) is 17.6 Å². The van der Waals surface area contributed by atoms with Gasteiger partial charge in [-0.25, -0.2) is 4.39 Å². The highest BCUT2D eigenvalue weighted by Crippen LogP contribution is 2.50. The van der Waals surface area contributed by atoms with Crippen LogP contribution >= 0.6 is 23.2 Å². The first-order valence-corrected chi connectivity index (χ1v) is 13.1. The number of rotatable bonds is 4. The molecule has 0 saturated carbocycles. The lowest BCUT2D eigenvalue weighted by molar-refractivity contribution is -0.178. The van der Waals surface area contributed by atoms with E-state index in [4.69, 9.17) is 32.8 Å². The maximum atomic E-state index is 14.7. The molecule has 13 heteroatoms. The first-order valence-electron chi connectivity index (χ1n) is 10.8. The Balaban J connectivity index is 1.55. The van der Waals surface area contributed by atoms with Gasteiger partial charge in [0.25, 0.3) is 0 Å². The fourth-order valence-corrected chi connectivity index (χ4v) is 5.70. The van der Waals surface area contributed by atoms with Crippen LogP contribution in [0, 0.1) is 11.7 Å². The van der Waals surface area contributed by atoms with E-state index in [1.54, 1.807) is 6.07 Å². The molecular formula is C23H18Cl2F4N2O4S. The molecule has 0 radical (unpaired) electrons. The maximum absolute atomic E-state index is 14.7. The smallest absolute Gasteiger partial charge is 0.386 e. The Morgan fingerprint density at radius 2 is 1.94 bits per heavy atom. The largest absolute Gasteiger partial charge is 0.401 e. The Morgan fingerprint density at radius 1 is 1.22 bits per heavy atom. The van der Waals surface area contributed by atoms with E-state index < -0.39 is 67.9 Å². The second-order valence-corrected chi connectivity index (χ2v) is 11.1. The van der Waals surface area contributed by atoms with Gasteiger partial charge in [-0.05, 0) is 29.3 Å². The predicted octanol–water partition coefficient (Wildman–Crippen LogP) is 4.95. The lowest BCUT2D eigenvalue weighted by atomic mass is 9.83. The SMILES string of the molecule is C[S@](=O)C(=O)CC1OC2(CNC2)c2ccc(C3=NOC(c4cc(Cl)cc(Cl)c4F)C3C(F)(F)F)cc21. The van der Waals surface area contributed by atoms with Crippen LogP contribution in [0.1, 0.15) is 40.9 Å². The molecule has 5 rings (SSSR count). The molecule has 3 aliphatic heterocycles. The summed E-state index contributed by atoms with van der Waals surface area (Å²) in [5.74, 6) is -3.39. The number of hydrogen-bond donors (Lipinski definition) is 1. The van der Waals surface area contributed by atoms with E-state index in [-0.39, 0.29) is 17.0 Å². The Labute approximate surface area is 215 Å². The van der Waals surface area contributed by atoms with Gasteiger partial charge in [0.05, 0.1) is 21.9 Å². The van der Waals surface area contributed by atoms with Gasteiger partial charge in [0.15, 0.2) is 6.10 Å². The van der Waals surface area contributed by atoms with Crippen LogP contribution in [0.15, 0.2) is 35.5 Å². The number of oxime groups is 1. The van der Waals surface area contributed by atoms with Gasteiger partial charge in [-0.15, -0.1) is 0 Å². The minimum Gasteiger partial charge on any atom is -0.386 e. The minimum atomic E-state index is -4.86. The van der Waals surface area contributed by atoms with Crippen LogP contribution in [0.25, 0.3) is 0 Å². The van der Waals surface area contributed by atoms with Crippen molar-refractivity contribution < 1.29 is 36.1 Å². The molecule has 0 aromatic heterocycles. The van der Waals surface area contributed by atoms with Crippen LogP contribution in [-0.2, 0) is 30.8 Å². The monoisotopic (exact) mass is 564 g/mol. The summed E-state index contributed by atoms with van der Waals surface area (Å²) in [7, 11) is -1.73. The summed E-state index contributed by atoms with van der Waals surface area (Å²) in [6, 6.07) is 6.69. The third-order valence-electron chi connectivity index (χ3n) is 6.59. The number of nitrogens with zero attached hydrogens (tertiary/aromatic N) is 1. The number of benzene rings is 2. The van der Waals surface area contributed by atoms with Gasteiger partial charge in [0.1, 0.15) is 23.0 Å². The van der Waals surface area contributed by atoms with E-state index in [0.29, 0.717) is 18.7 Å². The van der Waals surface area contributed by atoms with Crippen molar-refractivity contribution in [3.8, 4) is 0 Å². The summed E-state index contributed by atoms with van der Waals surface area (Å²) in [4.78, 5) is 17.3. The molecule has 0 bridgehead atoms. The Hall–Kier alpha value is -2.05. The van der Waals surface area contributed by atoms with Crippen molar-refractivity contribution in [1.29, 1.82) is 0 Å². The molecule has 1 saturated heterocycles. The normalized spacial score (nSPS) is 25.2. The average Bonchev–Trinajstić information content (AvgIpc) is 3.36. The third kappa shape index (κ3) is 4.24. The molecule has 0 amide bonds. The lowest BCUT2D eigenvalue weighted by Crippen LogP contribution is -2.56. The van der Waals surface area contributed by atoms with Gasteiger partial charge >= 0.3 is 6.18 Å². The summed E-state index contributed by atoms with van der Waals surface area (Å²) in [6.45, 7) is 0.927. The summed E-state index contributed by atoms with van der Waals surface area (Å²) in [6.07, 6.45) is -6.42. The first-order chi connectivity index (χ1) is 16.9. The fraction of sp³-hybridized carbons (Fsp3) is 0.391. The molecule has 3 heterocycles. The van der Waals surface area contributed by atoms with Gasteiger partial charge in [0, 0.05) is 41.9 Å². The molecule has 36 heavy (non-hydrogen) atoms. The molecule has 1 spiro atoms. The average molecular weight is 565 g/mol. The second kappa shape index (κ2) is 9.05. The minimum absolute atomic E-state index is 0.0516. The molecule has 6 nitrogen and oxygen atoms in total. The molecule has 2 aromatic carbocycles. The number of hydrogen-bond acceptors (Lipinski definition) is 6. The zero-order valence-electron chi connectivity index (χ0n) is 18.5. The zero-order valence-corrected chi connectivity index (χ0v) is 20.8. The number of fused-ring (bicyclic) bond motifs is 2. The molecule has 192 valence electrons. The van der Waals surface area contributed by atoms with E-state index in [2.05, 4.69) is 10.5 Å². The fourth-order valence-electron chi connectivity index (χ4n) is 4.80. The Morgan fingerprint density at radius 3 is 2.56 bits per heavy atom. The quantitative estimate of drug-likeness (QED) is 0.420. The second-order valence-electron chi connectivity index (χ2n) is 8.85. The van der Waals surface area contributed by atoms with Gasteiger partial charge in [-0.1, -0.05) is 40.5 Å². The van der Waals surface area contributed by atoms with E-state index in [0.717, 1.165) is 17.7 Å². The molecular weight excluding hydrogens is 547 g/mol. The molecule has 3 unspecified atom stereocenters. The topological polar surface area (TPSA) is 77.0 Å². The van der Waals surface area contributed by atoms with Crippen LogP contribution in [0.5, 0.6) is 0 Å². The van der Waals surface area contributed by atoms with Crippen molar-refractivity contribution in [3.05, 3.63) is 68.4 Å². The van der Waals surface area contributed by atoms with Crippen molar-refractivity contribution in [1.82, 2.24) is 5.32 Å². The summed E-state index contributed by atoms with van der Waals surface area (Å²) < 4.78 is 75.4. The molecule has 4 atom stereocenters. The summed E-state index contributed by atoms with van der Waals surface area (Å²) in [5, 5.41) is 5.77. The van der Waals surface area contributed by atoms with Gasteiger partial charge in [-0.2, -0.15) is 13.2 Å². The van der Waals surface area contributed by atoms with Gasteiger partial charge in [0.2, 0.25) is 5.12 Å². The van der Waals surface area contributed by atoms with Crippen LogP contribution in [0.3, 0.4) is 0 Å². The highest BCUT2D eigenvalue weighted by Gasteiger charge is 2.55. The number of carbonyl (C=O) groups is 1. The Kier molecular flexibility index (Phi) is 6.44. The van der Waals surface area contributed by atoms with Crippen molar-refractivity contribution in [2.45, 2.75) is 30.4 Å². The predicted molar refractivity (Wildman–Crippen MR) is 125 cm³/mol. The van der Waals surface area contributed by atoms with Crippen molar-refractivity contribution >= 4 is 44.8 Å². The van der Waals surface area contributed by atoms with Crippen LogP contribution in [0.2, 0.25) is 10.0 Å².